The first-order valence-corrected chi connectivity index (χ1v) is 8.24. The molecule has 0 saturated heterocycles. The third kappa shape index (κ3) is 3.54. The standard InChI is InChI=1S/C13H21N3O2S/c1-2-16-19(17,18)8-7-15-13-9-12(14)10-5-3-4-6-11(10)13/h3-6,12-13,15-16H,2,7-9,14H2,1H3. The molecule has 1 aliphatic carbocycles. The van der Waals surface area contributed by atoms with Gasteiger partial charge in [0, 0.05) is 25.2 Å². The van der Waals surface area contributed by atoms with Crippen LogP contribution in [0, 0.1) is 0 Å². The Kier molecular flexibility index (Phi) is 4.57. The van der Waals surface area contributed by atoms with E-state index in [0.717, 1.165) is 12.0 Å². The molecule has 0 amide bonds. The molecule has 2 atom stereocenters. The van der Waals surface area contributed by atoms with E-state index in [9.17, 15) is 8.42 Å². The van der Waals surface area contributed by atoms with Gasteiger partial charge in [0.1, 0.15) is 0 Å². The van der Waals surface area contributed by atoms with E-state index in [0.29, 0.717) is 13.1 Å². The predicted octanol–water partition coefficient (Wildman–Crippen LogP) is 0.660. The van der Waals surface area contributed by atoms with Gasteiger partial charge in [0.05, 0.1) is 5.75 Å². The number of rotatable bonds is 6. The van der Waals surface area contributed by atoms with Crippen molar-refractivity contribution in [1.82, 2.24) is 10.0 Å². The summed E-state index contributed by atoms with van der Waals surface area (Å²) in [5.74, 6) is 0.0920. The molecule has 1 aromatic carbocycles. The number of benzene rings is 1. The monoisotopic (exact) mass is 283 g/mol. The van der Waals surface area contributed by atoms with E-state index in [-0.39, 0.29) is 17.8 Å². The normalized spacial score (nSPS) is 22.4. The number of nitrogens with two attached hydrogens (primary N) is 1. The van der Waals surface area contributed by atoms with Gasteiger partial charge in [-0.2, -0.15) is 0 Å². The summed E-state index contributed by atoms with van der Waals surface area (Å²) in [7, 11) is -3.16. The molecule has 0 aromatic heterocycles. The molecule has 106 valence electrons. The highest BCUT2D eigenvalue weighted by atomic mass is 32.2. The smallest absolute Gasteiger partial charge is 0.212 e. The van der Waals surface area contributed by atoms with Crippen molar-refractivity contribution < 1.29 is 8.42 Å². The van der Waals surface area contributed by atoms with Crippen LogP contribution in [0.4, 0.5) is 0 Å². The summed E-state index contributed by atoms with van der Waals surface area (Å²) in [5.41, 5.74) is 8.42. The number of hydrogen-bond acceptors (Lipinski definition) is 4. The third-order valence-electron chi connectivity index (χ3n) is 3.39. The molecular weight excluding hydrogens is 262 g/mol. The van der Waals surface area contributed by atoms with Crippen LogP contribution < -0.4 is 15.8 Å². The zero-order chi connectivity index (χ0) is 13.9. The fraction of sp³-hybridized carbons (Fsp3) is 0.538. The quantitative estimate of drug-likeness (QED) is 0.716. The molecule has 4 N–H and O–H groups in total. The average molecular weight is 283 g/mol. The summed E-state index contributed by atoms with van der Waals surface area (Å²) in [4.78, 5) is 0. The molecule has 0 radical (unpaired) electrons. The molecule has 0 spiro atoms. The Hall–Kier alpha value is -0.950. The molecule has 19 heavy (non-hydrogen) atoms. The predicted molar refractivity (Wildman–Crippen MR) is 76.2 cm³/mol. The molecule has 0 aliphatic heterocycles. The Morgan fingerprint density at radius 2 is 2.00 bits per heavy atom. The summed E-state index contributed by atoms with van der Waals surface area (Å²) in [6, 6.07) is 8.26. The van der Waals surface area contributed by atoms with E-state index in [4.69, 9.17) is 5.73 Å². The summed E-state index contributed by atoms with van der Waals surface area (Å²) >= 11 is 0. The second-order valence-electron chi connectivity index (χ2n) is 4.79. The first kappa shape index (κ1) is 14.5. The molecule has 2 rings (SSSR count). The third-order valence-corrected chi connectivity index (χ3v) is 4.86. The van der Waals surface area contributed by atoms with Crippen LogP contribution in [0.1, 0.15) is 36.6 Å². The molecule has 0 bridgehead atoms. The van der Waals surface area contributed by atoms with Crippen molar-refractivity contribution in [3.05, 3.63) is 35.4 Å². The molecule has 5 nitrogen and oxygen atoms in total. The van der Waals surface area contributed by atoms with Crippen LogP contribution in [0.2, 0.25) is 0 Å². The molecule has 0 fully saturated rings. The Labute approximate surface area is 114 Å². The van der Waals surface area contributed by atoms with E-state index in [2.05, 4.69) is 16.1 Å². The minimum atomic E-state index is -3.16. The molecule has 1 aromatic rings. The fourth-order valence-electron chi connectivity index (χ4n) is 2.53. The fourth-order valence-corrected chi connectivity index (χ4v) is 3.50. The van der Waals surface area contributed by atoms with Crippen LogP contribution in [-0.2, 0) is 10.0 Å². The highest BCUT2D eigenvalue weighted by Crippen LogP contribution is 2.36. The first-order chi connectivity index (χ1) is 9.03. The summed E-state index contributed by atoms with van der Waals surface area (Å²) in [6.07, 6.45) is 0.820. The van der Waals surface area contributed by atoms with E-state index in [1.807, 2.05) is 18.2 Å². The largest absolute Gasteiger partial charge is 0.324 e. The second kappa shape index (κ2) is 6.00. The summed E-state index contributed by atoms with van der Waals surface area (Å²) in [5, 5.41) is 3.28. The van der Waals surface area contributed by atoms with Crippen LogP contribution in [0.25, 0.3) is 0 Å². The van der Waals surface area contributed by atoms with E-state index in [1.165, 1.54) is 5.56 Å². The second-order valence-corrected chi connectivity index (χ2v) is 6.72. The minimum absolute atomic E-state index is 0.0408. The highest BCUT2D eigenvalue weighted by Gasteiger charge is 2.27. The Morgan fingerprint density at radius 3 is 2.68 bits per heavy atom. The van der Waals surface area contributed by atoms with E-state index < -0.39 is 10.0 Å². The Morgan fingerprint density at radius 1 is 1.32 bits per heavy atom. The van der Waals surface area contributed by atoms with Gasteiger partial charge in [0.25, 0.3) is 0 Å². The lowest BCUT2D eigenvalue weighted by Gasteiger charge is -2.14. The lowest BCUT2D eigenvalue weighted by atomic mass is 10.1. The van der Waals surface area contributed by atoms with Crippen molar-refractivity contribution in [3.8, 4) is 0 Å². The number of nitrogens with one attached hydrogen (secondary N) is 2. The van der Waals surface area contributed by atoms with Gasteiger partial charge in [-0.05, 0) is 17.5 Å². The van der Waals surface area contributed by atoms with Gasteiger partial charge in [-0.3, -0.25) is 0 Å². The number of hydrogen-bond donors (Lipinski definition) is 3. The summed E-state index contributed by atoms with van der Waals surface area (Å²) < 4.78 is 25.6. The minimum Gasteiger partial charge on any atom is -0.324 e. The van der Waals surface area contributed by atoms with E-state index >= 15 is 0 Å². The highest BCUT2D eigenvalue weighted by molar-refractivity contribution is 7.89. The lowest BCUT2D eigenvalue weighted by molar-refractivity contribution is 0.509. The molecule has 1 aliphatic rings. The zero-order valence-corrected chi connectivity index (χ0v) is 11.9. The molecule has 0 saturated carbocycles. The van der Waals surface area contributed by atoms with Crippen molar-refractivity contribution in [1.29, 1.82) is 0 Å². The molecular formula is C13H21N3O2S. The van der Waals surface area contributed by atoms with Crippen LogP contribution in [0.15, 0.2) is 24.3 Å². The molecule has 2 unspecified atom stereocenters. The molecule has 0 heterocycles. The van der Waals surface area contributed by atoms with Gasteiger partial charge >= 0.3 is 0 Å². The van der Waals surface area contributed by atoms with Gasteiger partial charge in [0.2, 0.25) is 10.0 Å². The van der Waals surface area contributed by atoms with Gasteiger partial charge in [-0.1, -0.05) is 31.2 Å². The number of fused-ring (bicyclic) bond motifs is 1. The van der Waals surface area contributed by atoms with Crippen LogP contribution in [-0.4, -0.2) is 27.3 Å². The topological polar surface area (TPSA) is 84.2 Å². The van der Waals surface area contributed by atoms with Gasteiger partial charge in [-0.25, -0.2) is 13.1 Å². The van der Waals surface area contributed by atoms with Crippen LogP contribution in [0.5, 0.6) is 0 Å². The van der Waals surface area contributed by atoms with Gasteiger partial charge < -0.3 is 11.1 Å². The maximum atomic E-state index is 11.5. The zero-order valence-electron chi connectivity index (χ0n) is 11.1. The summed E-state index contributed by atoms with van der Waals surface area (Å²) in [6.45, 7) is 2.64. The van der Waals surface area contributed by atoms with Gasteiger partial charge in [-0.15, -0.1) is 0 Å². The van der Waals surface area contributed by atoms with Crippen molar-refractivity contribution >= 4 is 10.0 Å². The molecule has 6 heteroatoms. The van der Waals surface area contributed by atoms with Crippen molar-refractivity contribution in [3.63, 3.8) is 0 Å². The maximum Gasteiger partial charge on any atom is 0.212 e. The van der Waals surface area contributed by atoms with E-state index in [1.54, 1.807) is 6.92 Å². The Balaban J connectivity index is 1.92. The Bertz CT molecular complexity index is 530. The SMILES string of the molecule is CCNS(=O)(=O)CCNC1CC(N)c2ccccc21. The lowest BCUT2D eigenvalue weighted by Crippen LogP contribution is -2.33. The van der Waals surface area contributed by atoms with Crippen LogP contribution >= 0.6 is 0 Å². The number of sulfonamides is 1. The van der Waals surface area contributed by atoms with Crippen LogP contribution in [0.3, 0.4) is 0 Å². The maximum absolute atomic E-state index is 11.5. The average Bonchev–Trinajstić information content (AvgIpc) is 2.67. The van der Waals surface area contributed by atoms with Crippen molar-refractivity contribution in [2.24, 2.45) is 5.73 Å². The first-order valence-electron chi connectivity index (χ1n) is 6.58. The van der Waals surface area contributed by atoms with Gasteiger partial charge in [0.15, 0.2) is 0 Å². The van der Waals surface area contributed by atoms with Crippen molar-refractivity contribution in [2.45, 2.75) is 25.4 Å². The van der Waals surface area contributed by atoms with Crippen molar-refractivity contribution in [2.75, 3.05) is 18.8 Å².